The van der Waals surface area contributed by atoms with Gasteiger partial charge in [-0.1, -0.05) is 94.9 Å². The van der Waals surface area contributed by atoms with Crippen LogP contribution in [0.25, 0.3) is 0 Å². The number of benzene rings is 4. The Morgan fingerprint density at radius 2 is 0.818 bits per heavy atom. The number of rotatable bonds is 33. The molecule has 4 fully saturated rings. The van der Waals surface area contributed by atoms with E-state index in [1.165, 1.54) is 93.9 Å². The van der Waals surface area contributed by atoms with Crippen LogP contribution in [0.1, 0.15) is 138 Å². The number of nitrogens with one attached hydrogen (secondary N) is 5. The maximum absolute atomic E-state index is 13.9. The summed E-state index contributed by atoms with van der Waals surface area (Å²) in [5.41, 5.74) is 11.3. The first-order valence-electron chi connectivity index (χ1n) is 45.9. The second kappa shape index (κ2) is 53.0. The monoisotopic (exact) mass is 2300 g/mol. The van der Waals surface area contributed by atoms with Crippen molar-refractivity contribution < 1.29 is 98.9 Å². The zero-order valence-corrected chi connectivity index (χ0v) is 88.5. The lowest BCUT2D eigenvalue weighted by atomic mass is 9.95. The van der Waals surface area contributed by atoms with Gasteiger partial charge in [0, 0.05) is 178 Å². The number of esters is 4. The number of aliphatic imine (C=N–C) groups is 4. The number of morpholine rings is 4. The van der Waals surface area contributed by atoms with Crippen LogP contribution in [0.3, 0.4) is 0 Å². The number of aromatic nitrogens is 4. The predicted molar refractivity (Wildman–Crippen MR) is 543 cm³/mol. The van der Waals surface area contributed by atoms with Crippen LogP contribution in [0.15, 0.2) is 197 Å². The molecule has 0 aliphatic carbocycles. The van der Waals surface area contributed by atoms with Crippen LogP contribution in [0.5, 0.6) is 0 Å². The fourth-order valence-corrected chi connectivity index (χ4v) is 21.3. The van der Waals surface area contributed by atoms with Crippen molar-refractivity contribution >= 4 is 180 Å². The number of hydrogen-bond donors (Lipinski definition) is 7. The van der Waals surface area contributed by atoms with Crippen LogP contribution >= 0.6 is 109 Å². The molecule has 4 saturated heterocycles. The number of hydrogen-bond acceptors (Lipinski definition) is 36. The van der Waals surface area contributed by atoms with Crippen molar-refractivity contribution in [3.05, 3.63) is 247 Å². The lowest BCUT2D eigenvalue weighted by Crippen LogP contribution is -2.54. The molecule has 8 N–H and O–H groups in total. The van der Waals surface area contributed by atoms with Crippen LogP contribution in [0.4, 0.5) is 17.6 Å². The number of carbonyl (C=O) groups is 8. The summed E-state index contributed by atoms with van der Waals surface area (Å²) in [5, 5.41) is 33.7. The van der Waals surface area contributed by atoms with Gasteiger partial charge >= 0.3 is 29.8 Å². The molecule has 8 atom stereocenters. The van der Waals surface area contributed by atoms with Crippen molar-refractivity contribution in [3.63, 3.8) is 0 Å². The number of amidine groups is 4. The summed E-state index contributed by atoms with van der Waals surface area (Å²) in [6.45, 7) is 18.1. The average molecular weight is 2310 g/mol. The van der Waals surface area contributed by atoms with Gasteiger partial charge in [0.25, 0.3) is 0 Å². The molecule has 35 nitrogen and oxygen atoms in total. The Morgan fingerprint density at radius 3 is 1.13 bits per heavy atom. The third-order valence-electron chi connectivity index (χ3n) is 23.3. The molecule has 143 heavy (non-hydrogen) atoms. The topological polar surface area (TPSA) is 431 Å². The highest BCUT2D eigenvalue weighted by atomic mass is 79.9. The van der Waals surface area contributed by atoms with Crippen LogP contribution < -0.4 is 32.3 Å². The van der Waals surface area contributed by atoms with E-state index in [0.29, 0.717) is 227 Å². The van der Waals surface area contributed by atoms with Crippen molar-refractivity contribution in [3.8, 4) is 0 Å². The third-order valence-corrected chi connectivity index (χ3v) is 29.3. The molecule has 0 spiro atoms. The highest BCUT2D eigenvalue weighted by Crippen LogP contribution is 2.43. The molecule has 2 amide bonds. The van der Waals surface area contributed by atoms with Crippen LogP contribution in [-0.2, 0) is 76.3 Å². The van der Waals surface area contributed by atoms with Crippen molar-refractivity contribution in [1.29, 1.82) is 0 Å². The van der Waals surface area contributed by atoms with Crippen molar-refractivity contribution in [2.45, 2.75) is 122 Å². The summed E-state index contributed by atoms with van der Waals surface area (Å²) in [5.74, 6) is -3.11. The Morgan fingerprint density at radius 1 is 0.476 bits per heavy atom. The molecule has 8 aliphatic heterocycles. The van der Waals surface area contributed by atoms with Crippen molar-refractivity contribution in [2.75, 3.05) is 139 Å². The molecule has 0 saturated carbocycles. The minimum atomic E-state index is -1.01. The molecule has 12 heterocycles. The number of amides is 2. The SMILES string of the molecule is CCOC(=O)C1=C(CN2CCOC(CCC(=O)CC)C2)NC(c2nccs2)=NC1c1ccc(F)cc1Br.CCOC(=O)C1=C(CN2CCOC(CCC(N)=O)C2)NC(c2nccs2)=NC1c1ccc(F)cc1Br.CCOC(=O)C1=C(CN2CCOCC2C(=O)NC)NC(c2nccs2)=NC1c1ccc(F)cc1Br.CCOC(=O)C1=C(CN2CCOCC2C(=O)O)NC(c2ncc(C)s2)=NC1c1ccc(F)cc1Br. The highest BCUT2D eigenvalue weighted by Gasteiger charge is 2.43. The van der Waals surface area contributed by atoms with Crippen molar-refractivity contribution in [2.24, 2.45) is 25.7 Å². The van der Waals surface area contributed by atoms with Gasteiger partial charge in [0.05, 0.1) is 101 Å². The number of carboxylic acid groups (broad SMARTS) is 1. The van der Waals surface area contributed by atoms with E-state index < -0.39 is 89.4 Å². The fourth-order valence-electron chi connectivity index (χ4n) is 16.5. The summed E-state index contributed by atoms with van der Waals surface area (Å²) in [4.78, 5) is 146. The number of carbonyl (C=O) groups excluding carboxylic acids is 7. The lowest BCUT2D eigenvalue weighted by molar-refractivity contribution is -0.149. The average Bonchev–Trinajstić information content (AvgIpc) is 1.69. The first-order valence-corrected chi connectivity index (χ1v) is 52.6. The third kappa shape index (κ3) is 29.1. The number of ketones is 1. The summed E-state index contributed by atoms with van der Waals surface area (Å²) < 4.78 is 102. The molecule has 762 valence electrons. The Labute approximate surface area is 871 Å². The van der Waals surface area contributed by atoms with E-state index in [4.69, 9.17) is 63.6 Å². The molecule has 0 bridgehead atoms. The second-order valence-electron chi connectivity index (χ2n) is 32.9. The number of Topliss-reactive ketones (excluding diaryl/α,β-unsaturated/α-hetero) is 1. The summed E-state index contributed by atoms with van der Waals surface area (Å²) >= 11 is 19.4. The van der Waals surface area contributed by atoms with Gasteiger partial charge in [0.1, 0.15) is 65.3 Å². The molecule has 8 aromatic rings. The zero-order valence-electron chi connectivity index (χ0n) is 78.8. The minimum absolute atomic E-state index is 0.0386. The summed E-state index contributed by atoms with van der Waals surface area (Å²) in [6.07, 6.45) is 9.02. The van der Waals surface area contributed by atoms with Gasteiger partial charge in [0.15, 0.2) is 43.4 Å². The predicted octanol–water partition coefficient (Wildman–Crippen LogP) is 12.8. The fraction of sp³-hybridized carbons (Fsp3) is 0.417. The molecule has 8 aliphatic rings. The van der Waals surface area contributed by atoms with Gasteiger partial charge in [-0.2, -0.15) is 0 Å². The minimum Gasteiger partial charge on any atom is -0.480 e. The number of thiazole rings is 4. The largest absolute Gasteiger partial charge is 0.480 e. The number of primary amides is 1. The Kier molecular flexibility index (Phi) is 40.7. The van der Waals surface area contributed by atoms with E-state index in [-0.39, 0.29) is 94.5 Å². The lowest BCUT2D eigenvalue weighted by Gasteiger charge is -2.36. The van der Waals surface area contributed by atoms with E-state index >= 15 is 0 Å². The standard InChI is InChI=1S/C26H30BrFN4O4S.C24H27BrFN5O4S.C23H25BrFN5O4S.C23H24BrFN4O5S/c1-3-17(33)6-7-18-14-32(10-11-36-18)15-21-22(26(34)35-4-2)23(19-8-5-16(28)13-20(19)27)31-24(30-21)25-29-9-12-37-25;1-2-34-24(33)20-18(13-31-8-9-35-15(12-31)4-6-19(27)32)29-22(23-28-7-10-36-23)30-21(20)16-5-3-14(26)11-17(16)25;1-3-34-23(32)18-16(11-30-7-8-33-12-17(30)21(31)26-2)28-20(22-27-6-9-35-22)29-19(18)14-5-4-13(25)10-15(14)24;1-3-34-23(32)18-16(10-29-6-7-33-11-17(29)22(30)31)27-20(21-26-9-12(2)35-21)28-19(18)14-5-4-13(25)8-15(14)24/h5,8-9,12-13,18,23H,3-4,6-7,10-11,14-15H2,1-2H3,(H,30,31);3,5,7,10-11,15,21H,2,4,6,8-9,12-13H2,1H3,(H2,27,32)(H,29,30);4-6,9-10,17,19H,3,7-8,11-12H2,1-2H3,(H,26,31)(H,28,29);4-5,8-9,17,19H,3,6-7,10-11H2,1-2H3,(H,27,28)(H,30,31). The van der Waals surface area contributed by atoms with Gasteiger partial charge in [-0.25, -0.2) is 56.7 Å². The van der Waals surface area contributed by atoms with Gasteiger partial charge in [-0.3, -0.25) is 58.7 Å². The molecule has 4 aromatic heterocycles. The van der Waals surface area contributed by atoms with Gasteiger partial charge < -0.3 is 75.3 Å². The van der Waals surface area contributed by atoms with Gasteiger partial charge in [-0.05, 0) is 118 Å². The number of ether oxygens (including phenoxy) is 8. The molecule has 47 heteroatoms. The number of halogens is 8. The van der Waals surface area contributed by atoms with Crippen LogP contribution in [0.2, 0.25) is 0 Å². The molecule has 0 radical (unpaired) electrons. The summed E-state index contributed by atoms with van der Waals surface area (Å²) in [7, 11) is 1.58. The molecular formula is C96H106Br4F4N18O17S4. The van der Waals surface area contributed by atoms with E-state index in [9.17, 15) is 61.0 Å². The maximum Gasteiger partial charge on any atom is 0.338 e. The van der Waals surface area contributed by atoms with E-state index in [0.717, 1.165) is 4.88 Å². The Hall–Kier alpha value is -10.5. The molecular weight excluding hydrogens is 2200 g/mol. The number of nitrogens with two attached hydrogens (primary N) is 1. The zero-order chi connectivity index (χ0) is 102. The number of aliphatic carboxylic acids is 1. The smallest absolute Gasteiger partial charge is 0.338 e. The maximum atomic E-state index is 13.9. The first kappa shape index (κ1) is 110. The molecule has 4 aromatic carbocycles. The van der Waals surface area contributed by atoms with E-state index in [2.05, 4.69) is 120 Å². The Balaban J connectivity index is 0.000000160. The number of carboxylic acids is 1. The normalized spacial score (nSPS) is 20.6. The second-order valence-corrected chi connectivity index (χ2v) is 40.2. The van der Waals surface area contributed by atoms with E-state index in [1.807, 2.05) is 34.9 Å². The number of nitrogens with zero attached hydrogens (tertiary/aromatic N) is 12. The number of aryl methyl sites for hydroxylation is 1. The molecule has 16 rings (SSSR count). The Bertz CT molecular complexity index is 6180. The first-order chi connectivity index (χ1) is 68.9. The van der Waals surface area contributed by atoms with Crippen LogP contribution in [0, 0.1) is 30.2 Å². The summed E-state index contributed by atoms with van der Waals surface area (Å²) in [6, 6.07) is 12.6. The number of likely N-dealkylation sites (N-methyl/N-ethyl adjacent to an activating group) is 1. The highest BCUT2D eigenvalue weighted by molar-refractivity contribution is 9.11. The van der Waals surface area contributed by atoms with Gasteiger partial charge in [0.2, 0.25) is 11.8 Å². The van der Waals surface area contributed by atoms with Gasteiger partial charge in [-0.15, -0.1) is 45.3 Å². The van der Waals surface area contributed by atoms with Crippen molar-refractivity contribution in [1.82, 2.24) is 66.1 Å². The molecule has 8 unspecified atom stereocenters. The van der Waals surface area contributed by atoms with Crippen LogP contribution in [-0.4, -0.2) is 278 Å². The quantitative estimate of drug-likeness (QED) is 0.0114. The van der Waals surface area contributed by atoms with E-state index in [1.54, 1.807) is 88.7 Å².